The van der Waals surface area contributed by atoms with Crippen LogP contribution in [-0.2, 0) is 0 Å². The molecule has 0 aromatic carbocycles. The summed E-state index contributed by atoms with van der Waals surface area (Å²) < 4.78 is 0. The van der Waals surface area contributed by atoms with Crippen LogP contribution in [0.5, 0.6) is 0 Å². The second kappa shape index (κ2) is 4.32. The predicted molar refractivity (Wildman–Crippen MR) is 44.5 cm³/mol. The van der Waals surface area contributed by atoms with Crippen LogP contribution in [0.4, 0.5) is 0 Å². The van der Waals surface area contributed by atoms with Crippen molar-refractivity contribution in [1.29, 1.82) is 0 Å². The van der Waals surface area contributed by atoms with Gasteiger partial charge in [-0.25, -0.2) is 0 Å². The summed E-state index contributed by atoms with van der Waals surface area (Å²) in [5.74, 6) is 0. The molecule has 0 saturated carbocycles. The van der Waals surface area contributed by atoms with Gasteiger partial charge in [-0.1, -0.05) is 6.08 Å². The molecule has 1 atom stereocenters. The van der Waals surface area contributed by atoms with Gasteiger partial charge in [-0.2, -0.15) is 0 Å². The SMILES string of the molecule is C=CC(C)NC(=S)NC. The van der Waals surface area contributed by atoms with Gasteiger partial charge in [-0.3, -0.25) is 0 Å². The van der Waals surface area contributed by atoms with E-state index in [0.29, 0.717) is 5.11 Å². The highest BCUT2D eigenvalue weighted by Crippen LogP contribution is 1.79. The number of hydrogen-bond donors (Lipinski definition) is 2. The van der Waals surface area contributed by atoms with Gasteiger partial charge in [0.25, 0.3) is 0 Å². The normalized spacial score (nSPS) is 11.8. The average Bonchev–Trinajstić information content (AvgIpc) is 1.87. The zero-order valence-corrected chi connectivity index (χ0v) is 6.59. The Morgan fingerprint density at radius 2 is 2.33 bits per heavy atom. The summed E-state index contributed by atoms with van der Waals surface area (Å²) >= 11 is 4.83. The van der Waals surface area contributed by atoms with Gasteiger partial charge in [0.05, 0.1) is 0 Å². The molecule has 0 aliphatic heterocycles. The van der Waals surface area contributed by atoms with Crippen LogP contribution in [0.1, 0.15) is 6.92 Å². The minimum Gasteiger partial charge on any atom is -0.366 e. The largest absolute Gasteiger partial charge is 0.366 e. The first kappa shape index (κ1) is 8.43. The number of rotatable bonds is 2. The summed E-state index contributed by atoms with van der Waals surface area (Å²) in [5, 5.41) is 6.44. The van der Waals surface area contributed by atoms with E-state index in [-0.39, 0.29) is 6.04 Å². The first-order chi connectivity index (χ1) is 4.20. The van der Waals surface area contributed by atoms with Crippen LogP contribution in [0.15, 0.2) is 12.7 Å². The first-order valence-electron chi connectivity index (χ1n) is 2.81. The second-order valence-electron chi connectivity index (χ2n) is 1.75. The summed E-state index contributed by atoms with van der Waals surface area (Å²) in [6.45, 7) is 5.58. The zero-order valence-electron chi connectivity index (χ0n) is 5.77. The summed E-state index contributed by atoms with van der Waals surface area (Å²) in [6.07, 6.45) is 1.80. The van der Waals surface area contributed by atoms with E-state index in [1.54, 1.807) is 13.1 Å². The lowest BCUT2D eigenvalue weighted by Gasteiger charge is -2.09. The molecule has 0 aromatic heterocycles. The standard InChI is InChI=1S/C6H12N2S/c1-4-5(2)8-6(9)7-3/h4-5H,1H2,2-3H3,(H2,7,8,9). The predicted octanol–water partition coefficient (Wildman–Crippen LogP) is 0.655. The van der Waals surface area contributed by atoms with E-state index in [0.717, 1.165) is 0 Å². The van der Waals surface area contributed by atoms with Gasteiger partial charge in [-0.05, 0) is 19.1 Å². The summed E-state index contributed by atoms with van der Waals surface area (Å²) in [6, 6.07) is 0.241. The van der Waals surface area contributed by atoms with Crippen molar-refractivity contribution in [2.45, 2.75) is 13.0 Å². The molecule has 2 nitrogen and oxygen atoms in total. The molecule has 9 heavy (non-hydrogen) atoms. The maximum Gasteiger partial charge on any atom is 0.166 e. The average molecular weight is 144 g/mol. The molecule has 0 saturated heterocycles. The van der Waals surface area contributed by atoms with Crippen LogP contribution in [-0.4, -0.2) is 18.2 Å². The molecular formula is C6H12N2S. The van der Waals surface area contributed by atoms with Gasteiger partial charge in [0.15, 0.2) is 5.11 Å². The summed E-state index contributed by atoms with van der Waals surface area (Å²) in [7, 11) is 1.78. The molecule has 3 heteroatoms. The molecule has 0 heterocycles. The Labute approximate surface area is 61.3 Å². The lowest BCUT2D eigenvalue weighted by atomic mass is 10.3. The maximum absolute atomic E-state index is 4.83. The Kier molecular flexibility index (Phi) is 4.05. The highest BCUT2D eigenvalue weighted by molar-refractivity contribution is 7.80. The van der Waals surface area contributed by atoms with Gasteiger partial charge in [0.1, 0.15) is 0 Å². The van der Waals surface area contributed by atoms with Crippen LogP contribution < -0.4 is 10.6 Å². The van der Waals surface area contributed by atoms with Crippen molar-refractivity contribution < 1.29 is 0 Å². The molecule has 0 aliphatic rings. The quantitative estimate of drug-likeness (QED) is 0.439. The number of hydrogen-bond acceptors (Lipinski definition) is 1. The highest BCUT2D eigenvalue weighted by atomic mass is 32.1. The molecule has 0 spiro atoms. The smallest absolute Gasteiger partial charge is 0.166 e. The van der Waals surface area contributed by atoms with Crippen LogP contribution in [0, 0.1) is 0 Å². The molecule has 0 amide bonds. The van der Waals surface area contributed by atoms with Crippen molar-refractivity contribution in [2.24, 2.45) is 0 Å². The molecule has 2 N–H and O–H groups in total. The number of thiocarbonyl (C=S) groups is 1. The van der Waals surface area contributed by atoms with E-state index in [1.165, 1.54) is 0 Å². The van der Waals surface area contributed by atoms with Crippen molar-refractivity contribution in [3.63, 3.8) is 0 Å². The molecule has 0 fully saturated rings. The van der Waals surface area contributed by atoms with Gasteiger partial charge >= 0.3 is 0 Å². The molecule has 52 valence electrons. The minimum atomic E-state index is 0.241. The number of nitrogens with one attached hydrogen (secondary N) is 2. The molecule has 0 aliphatic carbocycles. The molecule has 1 unspecified atom stereocenters. The molecule has 0 bridgehead atoms. The van der Waals surface area contributed by atoms with Crippen LogP contribution >= 0.6 is 12.2 Å². The minimum absolute atomic E-state index is 0.241. The zero-order chi connectivity index (χ0) is 7.28. The second-order valence-corrected chi connectivity index (χ2v) is 2.16. The Bertz CT molecular complexity index is 112. The lowest BCUT2D eigenvalue weighted by molar-refractivity contribution is 0.795. The van der Waals surface area contributed by atoms with Gasteiger partial charge in [-0.15, -0.1) is 6.58 Å². The Hall–Kier alpha value is -0.570. The van der Waals surface area contributed by atoms with Gasteiger partial charge < -0.3 is 10.6 Å². The summed E-state index contributed by atoms with van der Waals surface area (Å²) in [4.78, 5) is 0. The first-order valence-corrected chi connectivity index (χ1v) is 3.22. The van der Waals surface area contributed by atoms with E-state index in [1.807, 2.05) is 6.92 Å². The Balaban J connectivity index is 3.46. The topological polar surface area (TPSA) is 24.1 Å². The third-order valence-electron chi connectivity index (χ3n) is 0.939. The molecular weight excluding hydrogens is 132 g/mol. The van der Waals surface area contributed by atoms with Crippen molar-refractivity contribution in [3.05, 3.63) is 12.7 Å². The highest BCUT2D eigenvalue weighted by Gasteiger charge is 1.94. The van der Waals surface area contributed by atoms with E-state index < -0.39 is 0 Å². The van der Waals surface area contributed by atoms with Crippen LogP contribution in [0.3, 0.4) is 0 Å². The lowest BCUT2D eigenvalue weighted by Crippen LogP contribution is -2.37. The third kappa shape index (κ3) is 3.97. The van der Waals surface area contributed by atoms with Crippen LogP contribution in [0.25, 0.3) is 0 Å². The fourth-order valence-electron chi connectivity index (χ4n) is 0.338. The van der Waals surface area contributed by atoms with E-state index in [2.05, 4.69) is 17.2 Å². The van der Waals surface area contributed by atoms with Crippen molar-refractivity contribution in [2.75, 3.05) is 7.05 Å². The summed E-state index contributed by atoms with van der Waals surface area (Å²) in [5.41, 5.74) is 0. The monoisotopic (exact) mass is 144 g/mol. The Morgan fingerprint density at radius 3 is 2.67 bits per heavy atom. The van der Waals surface area contributed by atoms with Crippen molar-refractivity contribution in [1.82, 2.24) is 10.6 Å². The maximum atomic E-state index is 4.83. The van der Waals surface area contributed by atoms with E-state index in [9.17, 15) is 0 Å². The van der Waals surface area contributed by atoms with Crippen molar-refractivity contribution >= 4 is 17.3 Å². The van der Waals surface area contributed by atoms with E-state index >= 15 is 0 Å². The fourth-order valence-corrected chi connectivity index (χ4v) is 0.524. The molecule has 0 rings (SSSR count). The fraction of sp³-hybridized carbons (Fsp3) is 0.500. The Morgan fingerprint density at radius 1 is 1.78 bits per heavy atom. The molecule has 0 aromatic rings. The third-order valence-corrected chi connectivity index (χ3v) is 1.26. The van der Waals surface area contributed by atoms with Crippen LogP contribution in [0.2, 0.25) is 0 Å². The molecule has 0 radical (unpaired) electrons. The van der Waals surface area contributed by atoms with Crippen molar-refractivity contribution in [3.8, 4) is 0 Å². The van der Waals surface area contributed by atoms with E-state index in [4.69, 9.17) is 12.2 Å². The van der Waals surface area contributed by atoms with Gasteiger partial charge in [0, 0.05) is 13.1 Å². The van der Waals surface area contributed by atoms with Gasteiger partial charge in [0.2, 0.25) is 0 Å².